The number of anilines is 2. The maximum absolute atomic E-state index is 12.7. The molecule has 0 spiro atoms. The molecule has 110 valence electrons. The molecular weight excluding hydrogens is 271 g/mol. The molecule has 1 amide bonds. The van der Waals surface area contributed by atoms with Gasteiger partial charge in [0.1, 0.15) is 11.6 Å². The highest BCUT2D eigenvalue weighted by molar-refractivity contribution is 5.94. The molecule has 1 aromatic carbocycles. The predicted molar refractivity (Wildman–Crippen MR) is 80.5 cm³/mol. The summed E-state index contributed by atoms with van der Waals surface area (Å²) in [5.74, 6) is -0.0795. The van der Waals surface area contributed by atoms with Crippen molar-refractivity contribution in [3.05, 3.63) is 54.0 Å². The zero-order chi connectivity index (χ0) is 15.1. The highest BCUT2D eigenvalue weighted by Crippen LogP contribution is 2.06. The minimum Gasteiger partial charge on any atom is -0.384 e. The van der Waals surface area contributed by atoms with Crippen LogP contribution < -0.4 is 16.4 Å². The first-order chi connectivity index (χ1) is 10.1. The van der Waals surface area contributed by atoms with Gasteiger partial charge in [-0.15, -0.1) is 0 Å². The predicted octanol–water partition coefficient (Wildman–Crippen LogP) is 2.03. The third-order valence-electron chi connectivity index (χ3n) is 2.86. The number of nitrogens with one attached hydrogen (secondary N) is 2. The molecule has 0 unspecified atom stereocenters. The highest BCUT2D eigenvalue weighted by atomic mass is 19.1. The lowest BCUT2D eigenvalue weighted by Crippen LogP contribution is -2.25. The van der Waals surface area contributed by atoms with Gasteiger partial charge in [-0.25, -0.2) is 9.37 Å². The number of halogens is 1. The summed E-state index contributed by atoms with van der Waals surface area (Å²) in [4.78, 5) is 15.7. The number of nitrogens with zero attached hydrogens (tertiary/aromatic N) is 1. The summed E-state index contributed by atoms with van der Waals surface area (Å²) in [7, 11) is 0. The maximum atomic E-state index is 12.7. The number of carbonyl (C=O) groups is 1. The summed E-state index contributed by atoms with van der Waals surface area (Å²) in [6, 6.07) is 9.03. The zero-order valence-corrected chi connectivity index (χ0v) is 11.5. The van der Waals surface area contributed by atoms with Crippen molar-refractivity contribution in [2.24, 2.45) is 0 Å². The molecule has 21 heavy (non-hydrogen) atoms. The van der Waals surface area contributed by atoms with Crippen LogP contribution in [-0.2, 0) is 0 Å². The van der Waals surface area contributed by atoms with Crippen LogP contribution in [0.15, 0.2) is 42.6 Å². The van der Waals surface area contributed by atoms with Gasteiger partial charge in [-0.05, 0) is 42.8 Å². The van der Waals surface area contributed by atoms with Crippen LogP contribution in [0.25, 0.3) is 0 Å². The Morgan fingerprint density at radius 3 is 2.57 bits per heavy atom. The fourth-order valence-corrected chi connectivity index (χ4v) is 1.74. The number of pyridine rings is 1. The Kier molecular flexibility index (Phi) is 5.09. The van der Waals surface area contributed by atoms with Crippen LogP contribution in [0.4, 0.5) is 15.9 Å². The van der Waals surface area contributed by atoms with E-state index in [1.807, 2.05) is 6.07 Å². The molecular formula is C15H17FN4O. The highest BCUT2D eigenvalue weighted by Gasteiger charge is 2.04. The number of hydrogen-bond donors (Lipinski definition) is 3. The van der Waals surface area contributed by atoms with Gasteiger partial charge in [-0.2, -0.15) is 0 Å². The quantitative estimate of drug-likeness (QED) is 0.711. The second-order valence-corrected chi connectivity index (χ2v) is 4.51. The van der Waals surface area contributed by atoms with Crippen LogP contribution in [0, 0.1) is 5.82 Å². The number of nitrogens with two attached hydrogens (primary N) is 1. The molecule has 0 bridgehead atoms. The Hall–Kier alpha value is -2.63. The minimum atomic E-state index is -0.354. The van der Waals surface area contributed by atoms with E-state index in [2.05, 4.69) is 15.6 Å². The van der Waals surface area contributed by atoms with Crippen molar-refractivity contribution in [3.63, 3.8) is 0 Å². The molecule has 0 atom stereocenters. The number of nitrogen functional groups attached to an aromatic ring is 1. The molecule has 0 saturated carbocycles. The Bertz CT molecular complexity index is 584. The van der Waals surface area contributed by atoms with E-state index in [9.17, 15) is 9.18 Å². The van der Waals surface area contributed by atoms with Gasteiger partial charge in [0.05, 0.1) is 11.9 Å². The van der Waals surface area contributed by atoms with Crippen LogP contribution in [-0.4, -0.2) is 24.0 Å². The van der Waals surface area contributed by atoms with E-state index in [0.29, 0.717) is 24.5 Å². The number of carbonyl (C=O) groups excluding carboxylic acids is 1. The largest absolute Gasteiger partial charge is 0.384 e. The SMILES string of the molecule is Nc1ccc(NCCCNC(=O)c2ccc(F)cc2)cn1. The molecule has 1 heterocycles. The van der Waals surface area contributed by atoms with E-state index in [0.717, 1.165) is 12.1 Å². The van der Waals surface area contributed by atoms with Crippen molar-refractivity contribution in [2.75, 3.05) is 24.1 Å². The number of hydrogen-bond acceptors (Lipinski definition) is 4. The Morgan fingerprint density at radius 2 is 1.90 bits per heavy atom. The first-order valence-electron chi connectivity index (χ1n) is 6.64. The zero-order valence-electron chi connectivity index (χ0n) is 11.5. The molecule has 0 saturated heterocycles. The molecule has 5 nitrogen and oxygen atoms in total. The fraction of sp³-hybridized carbons (Fsp3) is 0.200. The third kappa shape index (κ3) is 4.76. The lowest BCUT2D eigenvalue weighted by molar-refractivity contribution is 0.0953. The molecule has 0 radical (unpaired) electrons. The van der Waals surface area contributed by atoms with Crippen LogP contribution in [0.3, 0.4) is 0 Å². The first kappa shape index (κ1) is 14.8. The van der Waals surface area contributed by atoms with E-state index >= 15 is 0 Å². The molecule has 0 aliphatic rings. The van der Waals surface area contributed by atoms with Crippen molar-refractivity contribution in [1.29, 1.82) is 0 Å². The second kappa shape index (κ2) is 7.23. The second-order valence-electron chi connectivity index (χ2n) is 4.51. The van der Waals surface area contributed by atoms with Crippen LogP contribution in [0.5, 0.6) is 0 Å². The number of amides is 1. The van der Waals surface area contributed by atoms with E-state index in [-0.39, 0.29) is 11.7 Å². The van der Waals surface area contributed by atoms with Crippen molar-refractivity contribution in [1.82, 2.24) is 10.3 Å². The normalized spacial score (nSPS) is 10.1. The molecule has 6 heteroatoms. The molecule has 0 fully saturated rings. The summed E-state index contributed by atoms with van der Waals surface area (Å²) in [5, 5.41) is 5.95. The Morgan fingerprint density at radius 1 is 1.14 bits per heavy atom. The summed E-state index contributed by atoms with van der Waals surface area (Å²) < 4.78 is 12.7. The lowest BCUT2D eigenvalue weighted by atomic mass is 10.2. The van der Waals surface area contributed by atoms with E-state index in [1.165, 1.54) is 24.3 Å². The van der Waals surface area contributed by atoms with Gasteiger partial charge in [0, 0.05) is 18.7 Å². The molecule has 2 aromatic rings. The van der Waals surface area contributed by atoms with Gasteiger partial charge < -0.3 is 16.4 Å². The summed E-state index contributed by atoms with van der Waals surface area (Å²) in [5.41, 5.74) is 6.83. The summed E-state index contributed by atoms with van der Waals surface area (Å²) in [6.45, 7) is 1.24. The van der Waals surface area contributed by atoms with Gasteiger partial charge in [-0.3, -0.25) is 4.79 Å². The van der Waals surface area contributed by atoms with Gasteiger partial charge in [0.15, 0.2) is 0 Å². The van der Waals surface area contributed by atoms with Crippen LogP contribution in [0.2, 0.25) is 0 Å². The standard InChI is InChI=1S/C15H17FN4O/c16-12-4-2-11(3-5-12)15(21)19-9-1-8-18-13-6-7-14(17)20-10-13/h2-7,10,18H,1,8-9H2,(H2,17,20)(H,19,21). The van der Waals surface area contributed by atoms with Crippen molar-refractivity contribution < 1.29 is 9.18 Å². The Balaban J connectivity index is 1.66. The summed E-state index contributed by atoms with van der Waals surface area (Å²) in [6.07, 6.45) is 2.42. The molecule has 4 N–H and O–H groups in total. The number of benzene rings is 1. The van der Waals surface area contributed by atoms with Crippen molar-refractivity contribution in [2.45, 2.75) is 6.42 Å². The molecule has 0 aliphatic heterocycles. The van der Waals surface area contributed by atoms with Crippen LogP contribution >= 0.6 is 0 Å². The van der Waals surface area contributed by atoms with Crippen molar-refractivity contribution >= 4 is 17.4 Å². The van der Waals surface area contributed by atoms with E-state index in [1.54, 1.807) is 12.3 Å². The van der Waals surface area contributed by atoms with Gasteiger partial charge >= 0.3 is 0 Å². The number of rotatable bonds is 6. The van der Waals surface area contributed by atoms with Crippen molar-refractivity contribution in [3.8, 4) is 0 Å². The molecule has 1 aromatic heterocycles. The van der Waals surface area contributed by atoms with Crippen LogP contribution in [0.1, 0.15) is 16.8 Å². The van der Waals surface area contributed by atoms with E-state index in [4.69, 9.17) is 5.73 Å². The third-order valence-corrected chi connectivity index (χ3v) is 2.86. The van der Waals surface area contributed by atoms with E-state index < -0.39 is 0 Å². The maximum Gasteiger partial charge on any atom is 0.251 e. The smallest absolute Gasteiger partial charge is 0.251 e. The number of aromatic nitrogens is 1. The molecule has 0 aliphatic carbocycles. The Labute approximate surface area is 122 Å². The first-order valence-corrected chi connectivity index (χ1v) is 6.64. The topological polar surface area (TPSA) is 80.0 Å². The van der Waals surface area contributed by atoms with Gasteiger partial charge in [0.25, 0.3) is 5.91 Å². The minimum absolute atomic E-state index is 0.204. The van der Waals surface area contributed by atoms with Gasteiger partial charge in [0.2, 0.25) is 0 Å². The molecule has 2 rings (SSSR count). The average molecular weight is 288 g/mol. The monoisotopic (exact) mass is 288 g/mol. The fourth-order valence-electron chi connectivity index (χ4n) is 1.74. The average Bonchev–Trinajstić information content (AvgIpc) is 2.49. The van der Waals surface area contributed by atoms with Gasteiger partial charge in [-0.1, -0.05) is 0 Å². The lowest BCUT2D eigenvalue weighted by Gasteiger charge is -2.07. The summed E-state index contributed by atoms with van der Waals surface area (Å²) >= 11 is 0.